The highest BCUT2D eigenvalue weighted by atomic mass is 35.5. The first-order chi connectivity index (χ1) is 15.9. The summed E-state index contributed by atoms with van der Waals surface area (Å²) in [5, 5.41) is 14.5. The quantitative estimate of drug-likeness (QED) is 0.297. The first-order valence-electron chi connectivity index (χ1n) is 9.97. The Balaban J connectivity index is 1.53. The number of nitro groups is 1. The molecule has 0 fully saturated rings. The SMILES string of the molecule is Cn1ccnc1C(NC(=O)c1ccc(Oc2ccc(Cl)cc2[N+](=O)[O-])cc1)c1ccccc1. The lowest BCUT2D eigenvalue weighted by atomic mass is 10.1. The topological polar surface area (TPSA) is 99.3 Å². The predicted octanol–water partition coefficient (Wildman–Crippen LogP) is 5.29. The van der Waals surface area contributed by atoms with Crippen LogP contribution in [0.5, 0.6) is 11.5 Å². The Bertz CT molecular complexity index is 1290. The summed E-state index contributed by atoms with van der Waals surface area (Å²) in [6, 6.07) is 19.6. The van der Waals surface area contributed by atoms with Crippen LogP contribution in [0.15, 0.2) is 85.2 Å². The zero-order valence-corrected chi connectivity index (χ0v) is 18.3. The maximum absolute atomic E-state index is 13.0. The van der Waals surface area contributed by atoms with E-state index in [2.05, 4.69) is 10.3 Å². The van der Waals surface area contributed by atoms with Crippen molar-refractivity contribution in [2.24, 2.45) is 7.05 Å². The minimum atomic E-state index is -0.565. The Kier molecular flexibility index (Phi) is 6.37. The minimum absolute atomic E-state index is 0.0560. The standard InChI is InChI=1S/C24H19ClN4O4/c1-28-14-13-26-23(28)22(16-5-3-2-4-6-16)27-24(30)17-7-10-19(11-8-17)33-21-12-9-18(25)15-20(21)29(31)32/h2-15,22H,1H3,(H,27,30). The van der Waals surface area contributed by atoms with E-state index in [4.69, 9.17) is 16.3 Å². The molecular formula is C24H19ClN4O4. The number of nitrogens with one attached hydrogen (secondary N) is 1. The van der Waals surface area contributed by atoms with Crippen LogP contribution in [-0.4, -0.2) is 20.4 Å². The monoisotopic (exact) mass is 462 g/mol. The largest absolute Gasteiger partial charge is 0.450 e. The highest BCUT2D eigenvalue weighted by Crippen LogP contribution is 2.33. The molecule has 1 amide bonds. The number of nitro benzene ring substituents is 1. The molecule has 4 rings (SSSR count). The molecule has 0 radical (unpaired) electrons. The number of halogens is 1. The number of rotatable bonds is 7. The summed E-state index contributed by atoms with van der Waals surface area (Å²) in [5.41, 5.74) is 1.06. The lowest BCUT2D eigenvalue weighted by Crippen LogP contribution is -2.31. The molecule has 0 saturated heterocycles. The predicted molar refractivity (Wildman–Crippen MR) is 124 cm³/mol. The number of nitrogens with zero attached hydrogens (tertiary/aromatic N) is 3. The summed E-state index contributed by atoms with van der Waals surface area (Å²) >= 11 is 5.84. The Hall–Kier alpha value is -4.17. The molecule has 0 aliphatic heterocycles. The van der Waals surface area contributed by atoms with Crippen molar-refractivity contribution in [3.63, 3.8) is 0 Å². The van der Waals surface area contributed by atoms with E-state index < -0.39 is 11.0 Å². The number of amides is 1. The van der Waals surface area contributed by atoms with Gasteiger partial charge in [0, 0.05) is 36.1 Å². The van der Waals surface area contributed by atoms with Crippen molar-refractivity contribution in [1.82, 2.24) is 14.9 Å². The molecule has 0 saturated carbocycles. The van der Waals surface area contributed by atoms with Gasteiger partial charge in [0.2, 0.25) is 5.75 Å². The first kappa shape index (κ1) is 22.0. The van der Waals surface area contributed by atoms with Gasteiger partial charge in [0.25, 0.3) is 5.91 Å². The molecule has 4 aromatic rings. The first-order valence-corrected chi connectivity index (χ1v) is 10.3. The molecule has 1 N–H and O–H groups in total. The van der Waals surface area contributed by atoms with Crippen molar-refractivity contribution in [2.75, 3.05) is 0 Å². The number of aryl methyl sites for hydroxylation is 1. The van der Waals surface area contributed by atoms with Crippen LogP contribution in [0.3, 0.4) is 0 Å². The van der Waals surface area contributed by atoms with Gasteiger partial charge in [0.1, 0.15) is 17.6 Å². The second-order valence-electron chi connectivity index (χ2n) is 7.21. The highest BCUT2D eigenvalue weighted by Gasteiger charge is 2.21. The Labute approximate surface area is 194 Å². The van der Waals surface area contributed by atoms with E-state index in [0.717, 1.165) is 5.56 Å². The second kappa shape index (κ2) is 9.54. The van der Waals surface area contributed by atoms with Crippen LogP contribution in [0.2, 0.25) is 5.02 Å². The average molecular weight is 463 g/mol. The van der Waals surface area contributed by atoms with Gasteiger partial charge in [-0.3, -0.25) is 14.9 Å². The van der Waals surface area contributed by atoms with Crippen molar-refractivity contribution >= 4 is 23.2 Å². The molecule has 1 atom stereocenters. The van der Waals surface area contributed by atoms with Crippen molar-refractivity contribution in [3.05, 3.63) is 117 Å². The number of carbonyl (C=O) groups excluding carboxylic acids is 1. The maximum atomic E-state index is 13.0. The van der Waals surface area contributed by atoms with Gasteiger partial charge in [0.05, 0.1) is 4.92 Å². The number of imidazole rings is 1. The molecule has 0 aliphatic rings. The molecule has 0 spiro atoms. The van der Waals surface area contributed by atoms with Crippen LogP contribution in [0.1, 0.15) is 27.8 Å². The summed E-state index contributed by atoms with van der Waals surface area (Å²) in [5.74, 6) is 0.807. The smallest absolute Gasteiger partial charge is 0.313 e. The molecule has 1 unspecified atom stereocenters. The van der Waals surface area contributed by atoms with E-state index in [0.29, 0.717) is 17.1 Å². The number of benzene rings is 3. The van der Waals surface area contributed by atoms with Crippen molar-refractivity contribution in [1.29, 1.82) is 0 Å². The second-order valence-corrected chi connectivity index (χ2v) is 7.65. The summed E-state index contributed by atoms with van der Waals surface area (Å²) in [4.78, 5) is 28.1. The molecule has 1 aromatic heterocycles. The molecule has 33 heavy (non-hydrogen) atoms. The summed E-state index contributed by atoms with van der Waals surface area (Å²) in [6.45, 7) is 0. The summed E-state index contributed by atoms with van der Waals surface area (Å²) < 4.78 is 7.50. The van der Waals surface area contributed by atoms with E-state index >= 15 is 0 Å². The van der Waals surface area contributed by atoms with Gasteiger partial charge in [0.15, 0.2) is 0 Å². The van der Waals surface area contributed by atoms with E-state index in [-0.39, 0.29) is 22.4 Å². The third-order valence-corrected chi connectivity index (χ3v) is 5.22. The molecule has 8 nitrogen and oxygen atoms in total. The lowest BCUT2D eigenvalue weighted by molar-refractivity contribution is -0.385. The van der Waals surface area contributed by atoms with Gasteiger partial charge >= 0.3 is 5.69 Å². The fourth-order valence-electron chi connectivity index (χ4n) is 3.33. The Morgan fingerprint density at radius 3 is 2.48 bits per heavy atom. The van der Waals surface area contributed by atoms with Gasteiger partial charge in [-0.1, -0.05) is 41.9 Å². The van der Waals surface area contributed by atoms with Crippen molar-refractivity contribution < 1.29 is 14.5 Å². The molecule has 9 heteroatoms. The number of hydrogen-bond donors (Lipinski definition) is 1. The molecule has 166 valence electrons. The third-order valence-electron chi connectivity index (χ3n) is 4.99. The summed E-state index contributed by atoms with van der Waals surface area (Å²) in [7, 11) is 1.87. The zero-order valence-electron chi connectivity index (χ0n) is 17.5. The highest BCUT2D eigenvalue weighted by molar-refractivity contribution is 6.30. The fourth-order valence-corrected chi connectivity index (χ4v) is 3.50. The number of aromatic nitrogens is 2. The normalized spacial score (nSPS) is 11.6. The van der Waals surface area contributed by atoms with Crippen molar-refractivity contribution in [2.45, 2.75) is 6.04 Å². The van der Waals surface area contributed by atoms with Crippen LogP contribution >= 0.6 is 11.6 Å². The van der Waals surface area contributed by atoms with Crippen LogP contribution in [-0.2, 0) is 7.05 Å². The minimum Gasteiger partial charge on any atom is -0.450 e. The molecule has 1 heterocycles. The van der Waals surface area contributed by atoms with E-state index in [9.17, 15) is 14.9 Å². The van der Waals surface area contributed by atoms with Gasteiger partial charge in [-0.05, 0) is 42.0 Å². The van der Waals surface area contributed by atoms with Gasteiger partial charge < -0.3 is 14.6 Å². The number of carbonyl (C=O) groups is 1. The lowest BCUT2D eigenvalue weighted by Gasteiger charge is -2.19. The maximum Gasteiger partial charge on any atom is 0.313 e. The van der Waals surface area contributed by atoms with Gasteiger partial charge in [-0.2, -0.15) is 0 Å². The average Bonchev–Trinajstić information content (AvgIpc) is 3.25. The zero-order chi connectivity index (χ0) is 23.4. The fraction of sp³-hybridized carbons (Fsp3) is 0.0833. The van der Waals surface area contributed by atoms with E-state index in [1.165, 1.54) is 18.2 Å². The van der Waals surface area contributed by atoms with Crippen LogP contribution in [0.4, 0.5) is 5.69 Å². The Morgan fingerprint density at radius 1 is 1.12 bits per heavy atom. The van der Waals surface area contributed by atoms with Crippen LogP contribution in [0, 0.1) is 10.1 Å². The summed E-state index contributed by atoms with van der Waals surface area (Å²) in [6.07, 6.45) is 3.50. The van der Waals surface area contributed by atoms with Crippen molar-refractivity contribution in [3.8, 4) is 11.5 Å². The van der Waals surface area contributed by atoms with E-state index in [1.807, 2.05) is 48.1 Å². The molecule has 0 aliphatic carbocycles. The van der Waals surface area contributed by atoms with Gasteiger partial charge in [-0.15, -0.1) is 0 Å². The molecule has 3 aromatic carbocycles. The van der Waals surface area contributed by atoms with E-state index in [1.54, 1.807) is 30.5 Å². The number of hydrogen-bond acceptors (Lipinski definition) is 5. The van der Waals surface area contributed by atoms with Crippen LogP contribution < -0.4 is 10.1 Å². The Morgan fingerprint density at radius 2 is 1.85 bits per heavy atom. The van der Waals surface area contributed by atoms with Crippen LogP contribution in [0.25, 0.3) is 0 Å². The number of ether oxygens (including phenoxy) is 1. The third kappa shape index (κ3) is 5.02. The molecular weight excluding hydrogens is 444 g/mol. The molecule has 0 bridgehead atoms. The van der Waals surface area contributed by atoms with Gasteiger partial charge in [-0.25, -0.2) is 4.98 Å².